The molecular formula is C14H21N3O2. The summed E-state index contributed by atoms with van der Waals surface area (Å²) in [5.41, 5.74) is 6.18. The summed E-state index contributed by atoms with van der Waals surface area (Å²) in [5, 5.41) is 11.5. The molecule has 0 spiro atoms. The highest BCUT2D eigenvalue weighted by atomic mass is 16.5. The zero-order chi connectivity index (χ0) is 13.5. The van der Waals surface area contributed by atoms with Gasteiger partial charge in [-0.15, -0.1) is 0 Å². The van der Waals surface area contributed by atoms with Crippen molar-refractivity contribution in [2.24, 2.45) is 10.9 Å². The Bertz CT molecular complexity index is 411. The van der Waals surface area contributed by atoms with Gasteiger partial charge in [0.25, 0.3) is 0 Å². The minimum atomic E-state index is 0.111. The largest absolute Gasteiger partial charge is 0.492 e. The van der Waals surface area contributed by atoms with Crippen LogP contribution in [0.3, 0.4) is 0 Å². The highest BCUT2D eigenvalue weighted by molar-refractivity contribution is 5.97. The maximum Gasteiger partial charge on any atom is 0.170 e. The molecule has 1 fully saturated rings. The average Bonchev–Trinajstić information content (AvgIpc) is 2.48. The molecule has 1 saturated heterocycles. The van der Waals surface area contributed by atoms with E-state index < -0.39 is 0 Å². The fourth-order valence-corrected chi connectivity index (χ4v) is 2.26. The van der Waals surface area contributed by atoms with Gasteiger partial charge in [0.05, 0.1) is 0 Å². The van der Waals surface area contributed by atoms with Gasteiger partial charge in [0.2, 0.25) is 0 Å². The summed E-state index contributed by atoms with van der Waals surface area (Å²) in [6.45, 7) is 4.04. The van der Waals surface area contributed by atoms with E-state index in [-0.39, 0.29) is 5.84 Å². The molecule has 1 aromatic carbocycles. The summed E-state index contributed by atoms with van der Waals surface area (Å²) in [6, 6.07) is 7.24. The molecule has 0 aromatic heterocycles. The summed E-state index contributed by atoms with van der Waals surface area (Å²) in [4.78, 5) is 2.44. The highest BCUT2D eigenvalue weighted by Crippen LogP contribution is 2.13. The third-order valence-electron chi connectivity index (χ3n) is 3.38. The van der Waals surface area contributed by atoms with Crippen LogP contribution in [0.1, 0.15) is 24.8 Å². The molecule has 1 aromatic rings. The van der Waals surface area contributed by atoms with Gasteiger partial charge in [0, 0.05) is 12.1 Å². The van der Waals surface area contributed by atoms with Crippen molar-refractivity contribution < 1.29 is 9.94 Å². The van der Waals surface area contributed by atoms with Crippen LogP contribution in [0.5, 0.6) is 5.75 Å². The Morgan fingerprint density at radius 1 is 1.21 bits per heavy atom. The van der Waals surface area contributed by atoms with Crippen molar-refractivity contribution in [1.29, 1.82) is 0 Å². The van der Waals surface area contributed by atoms with Gasteiger partial charge in [-0.25, -0.2) is 0 Å². The number of benzene rings is 1. The van der Waals surface area contributed by atoms with E-state index in [0.29, 0.717) is 12.2 Å². The number of likely N-dealkylation sites (tertiary alicyclic amines) is 1. The molecule has 0 unspecified atom stereocenters. The zero-order valence-electron chi connectivity index (χ0n) is 11.1. The first-order valence-electron chi connectivity index (χ1n) is 6.73. The summed E-state index contributed by atoms with van der Waals surface area (Å²) >= 11 is 0. The van der Waals surface area contributed by atoms with E-state index in [1.165, 1.54) is 32.4 Å². The molecule has 1 aliphatic rings. The number of ether oxygens (including phenoxy) is 1. The molecule has 2 rings (SSSR count). The predicted molar refractivity (Wildman–Crippen MR) is 74.7 cm³/mol. The monoisotopic (exact) mass is 263 g/mol. The van der Waals surface area contributed by atoms with Crippen molar-refractivity contribution in [2.45, 2.75) is 19.3 Å². The lowest BCUT2D eigenvalue weighted by molar-refractivity contribution is 0.183. The van der Waals surface area contributed by atoms with Gasteiger partial charge in [-0.2, -0.15) is 0 Å². The molecule has 5 heteroatoms. The quantitative estimate of drug-likeness (QED) is 0.367. The van der Waals surface area contributed by atoms with E-state index >= 15 is 0 Å². The predicted octanol–water partition coefficient (Wildman–Crippen LogP) is 1.65. The van der Waals surface area contributed by atoms with Crippen LogP contribution in [-0.2, 0) is 0 Å². The minimum Gasteiger partial charge on any atom is -0.492 e. The molecule has 0 atom stereocenters. The van der Waals surface area contributed by atoms with E-state index in [0.717, 1.165) is 12.3 Å². The van der Waals surface area contributed by atoms with Crippen molar-refractivity contribution in [3.05, 3.63) is 29.8 Å². The lowest BCUT2D eigenvalue weighted by Crippen LogP contribution is -2.33. The van der Waals surface area contributed by atoms with Gasteiger partial charge in [-0.3, -0.25) is 4.90 Å². The molecule has 1 heterocycles. The maximum atomic E-state index is 8.57. The third-order valence-corrected chi connectivity index (χ3v) is 3.38. The normalized spacial score (nSPS) is 17.4. The first-order valence-corrected chi connectivity index (χ1v) is 6.73. The average molecular weight is 263 g/mol. The van der Waals surface area contributed by atoms with Crippen LogP contribution >= 0.6 is 0 Å². The Hall–Kier alpha value is -1.75. The smallest absolute Gasteiger partial charge is 0.170 e. The van der Waals surface area contributed by atoms with Gasteiger partial charge < -0.3 is 15.7 Å². The summed E-state index contributed by atoms with van der Waals surface area (Å²) in [5.74, 6) is 0.923. The van der Waals surface area contributed by atoms with Gasteiger partial charge in [-0.05, 0) is 50.2 Å². The van der Waals surface area contributed by atoms with E-state index in [9.17, 15) is 0 Å². The molecule has 3 N–H and O–H groups in total. The SMILES string of the molecule is N/C(=N/O)c1ccc(OCCN2CCCCC2)cc1. The van der Waals surface area contributed by atoms with E-state index in [4.69, 9.17) is 15.7 Å². The number of hydrogen-bond acceptors (Lipinski definition) is 4. The van der Waals surface area contributed by atoms with E-state index in [2.05, 4.69) is 10.1 Å². The number of nitrogens with two attached hydrogens (primary N) is 1. The Labute approximate surface area is 113 Å². The molecule has 1 aliphatic heterocycles. The Morgan fingerprint density at radius 3 is 2.53 bits per heavy atom. The van der Waals surface area contributed by atoms with Crippen molar-refractivity contribution in [3.63, 3.8) is 0 Å². The van der Waals surface area contributed by atoms with Crippen molar-refractivity contribution in [3.8, 4) is 5.75 Å². The standard InChI is InChI=1S/C14H21N3O2/c15-14(16-18)12-4-6-13(7-5-12)19-11-10-17-8-2-1-3-9-17/h4-7,18H,1-3,8-11H2,(H2,15,16). The molecule has 0 amide bonds. The fourth-order valence-electron chi connectivity index (χ4n) is 2.26. The number of nitrogens with zero attached hydrogens (tertiary/aromatic N) is 2. The van der Waals surface area contributed by atoms with Gasteiger partial charge in [0.1, 0.15) is 12.4 Å². The van der Waals surface area contributed by atoms with Gasteiger partial charge >= 0.3 is 0 Å². The molecule has 5 nitrogen and oxygen atoms in total. The third kappa shape index (κ3) is 4.13. The lowest BCUT2D eigenvalue weighted by atomic mass is 10.1. The number of piperidine rings is 1. The summed E-state index contributed by atoms with van der Waals surface area (Å²) in [7, 11) is 0. The number of hydrogen-bond donors (Lipinski definition) is 2. The maximum absolute atomic E-state index is 8.57. The molecule has 0 saturated carbocycles. The second-order valence-electron chi connectivity index (χ2n) is 4.76. The van der Waals surface area contributed by atoms with Crippen LogP contribution in [0.4, 0.5) is 0 Å². The van der Waals surface area contributed by atoms with Crippen LogP contribution in [-0.4, -0.2) is 42.2 Å². The van der Waals surface area contributed by atoms with Crippen molar-refractivity contribution in [1.82, 2.24) is 4.90 Å². The van der Waals surface area contributed by atoms with Gasteiger partial charge in [0.15, 0.2) is 5.84 Å². The zero-order valence-corrected chi connectivity index (χ0v) is 11.1. The topological polar surface area (TPSA) is 71.1 Å². The number of rotatable bonds is 5. The van der Waals surface area contributed by atoms with Crippen LogP contribution < -0.4 is 10.5 Å². The number of amidine groups is 1. The highest BCUT2D eigenvalue weighted by Gasteiger charge is 2.09. The minimum absolute atomic E-state index is 0.111. The first-order chi connectivity index (χ1) is 9.29. The second kappa shape index (κ2) is 6.99. The van der Waals surface area contributed by atoms with Crippen LogP contribution in [0.2, 0.25) is 0 Å². The molecular weight excluding hydrogens is 242 g/mol. The molecule has 0 bridgehead atoms. The molecule has 0 aliphatic carbocycles. The second-order valence-corrected chi connectivity index (χ2v) is 4.76. The van der Waals surface area contributed by atoms with Crippen LogP contribution in [0, 0.1) is 0 Å². The molecule has 0 radical (unpaired) electrons. The van der Waals surface area contributed by atoms with Crippen molar-refractivity contribution in [2.75, 3.05) is 26.2 Å². The Morgan fingerprint density at radius 2 is 1.89 bits per heavy atom. The molecule has 19 heavy (non-hydrogen) atoms. The fraction of sp³-hybridized carbons (Fsp3) is 0.500. The summed E-state index contributed by atoms with van der Waals surface area (Å²) in [6.07, 6.45) is 3.95. The van der Waals surface area contributed by atoms with E-state index in [1.54, 1.807) is 12.1 Å². The van der Waals surface area contributed by atoms with Crippen LogP contribution in [0.25, 0.3) is 0 Å². The molecule has 104 valence electrons. The van der Waals surface area contributed by atoms with Gasteiger partial charge in [-0.1, -0.05) is 11.6 Å². The van der Waals surface area contributed by atoms with Crippen molar-refractivity contribution >= 4 is 5.84 Å². The van der Waals surface area contributed by atoms with Crippen LogP contribution in [0.15, 0.2) is 29.4 Å². The first kappa shape index (κ1) is 13.7. The lowest BCUT2D eigenvalue weighted by Gasteiger charge is -2.26. The Balaban J connectivity index is 1.76. The van der Waals surface area contributed by atoms with E-state index in [1.807, 2.05) is 12.1 Å². The number of oxime groups is 1. The summed E-state index contributed by atoms with van der Waals surface area (Å²) < 4.78 is 5.69. The Kier molecular flexibility index (Phi) is 5.03.